The molecule has 0 unspecified atom stereocenters. The minimum absolute atomic E-state index is 0.0592. The molecule has 4 heterocycles. The van der Waals surface area contributed by atoms with E-state index in [0.717, 1.165) is 71.8 Å². The molecule has 3 amide bonds. The molecular weight excluding hydrogens is 496 g/mol. The molecule has 200 valence electrons. The lowest BCUT2D eigenvalue weighted by Crippen LogP contribution is -2.49. The number of piperidine rings is 1. The topological polar surface area (TPSA) is 78.0 Å². The summed E-state index contributed by atoms with van der Waals surface area (Å²) in [5, 5.41) is 3.08. The van der Waals surface area contributed by atoms with Crippen molar-refractivity contribution in [2.75, 3.05) is 48.4 Å². The van der Waals surface area contributed by atoms with Gasteiger partial charge in [0.2, 0.25) is 0 Å². The SMILES string of the molecule is Bc1cnc(C(=O)N2CCc3cc(F)ccc32)cc1N1CCC(N2CCc3cc(OC)ccc3NC2=O)CC1. The molecule has 2 aromatic carbocycles. The Balaban J connectivity index is 1.13. The number of anilines is 3. The van der Waals surface area contributed by atoms with Crippen LogP contribution >= 0.6 is 0 Å². The van der Waals surface area contributed by atoms with Gasteiger partial charge in [-0.05, 0) is 84.7 Å². The quantitative estimate of drug-likeness (QED) is 0.529. The molecule has 0 atom stereocenters. The number of ether oxygens (including phenoxy) is 1. The highest BCUT2D eigenvalue weighted by Crippen LogP contribution is 2.31. The Morgan fingerprint density at radius 1 is 1.03 bits per heavy atom. The summed E-state index contributed by atoms with van der Waals surface area (Å²) < 4.78 is 19.0. The number of benzene rings is 2. The number of nitrogens with zero attached hydrogens (tertiary/aromatic N) is 4. The van der Waals surface area contributed by atoms with E-state index in [1.807, 2.05) is 37.0 Å². The second-order valence-corrected chi connectivity index (χ2v) is 10.5. The van der Waals surface area contributed by atoms with E-state index in [-0.39, 0.29) is 23.8 Å². The van der Waals surface area contributed by atoms with E-state index >= 15 is 0 Å². The summed E-state index contributed by atoms with van der Waals surface area (Å²) in [5.74, 6) is 0.330. The molecule has 39 heavy (non-hydrogen) atoms. The number of amides is 3. The van der Waals surface area contributed by atoms with Gasteiger partial charge >= 0.3 is 6.03 Å². The Kier molecular flexibility index (Phi) is 6.62. The maximum absolute atomic E-state index is 13.6. The fourth-order valence-corrected chi connectivity index (χ4v) is 6.01. The van der Waals surface area contributed by atoms with Crippen molar-refractivity contribution < 1.29 is 18.7 Å². The third kappa shape index (κ3) is 4.79. The van der Waals surface area contributed by atoms with Crippen molar-refractivity contribution in [1.29, 1.82) is 0 Å². The van der Waals surface area contributed by atoms with Crippen LogP contribution in [0.15, 0.2) is 48.7 Å². The standard InChI is InChI=1S/C29H31BFN5O3/c1-39-22-3-4-24-18(15-22)6-12-35(29(38)33-24)21-8-10-34(11-9-21)27-16-25(32-17-23(27)30)28(37)36-13-7-19-14-20(31)2-5-26(19)36/h2-5,14-17,21H,6-13,30H2,1H3,(H,33,38). The molecule has 8 nitrogen and oxygen atoms in total. The number of aromatic nitrogens is 1. The van der Waals surface area contributed by atoms with Gasteiger partial charge in [-0.3, -0.25) is 9.78 Å². The van der Waals surface area contributed by atoms with Gasteiger partial charge in [-0.2, -0.15) is 0 Å². The summed E-state index contributed by atoms with van der Waals surface area (Å²) in [4.78, 5) is 36.9. The first-order chi connectivity index (χ1) is 18.9. The van der Waals surface area contributed by atoms with Crippen molar-refractivity contribution in [2.45, 2.75) is 31.7 Å². The zero-order chi connectivity index (χ0) is 27.1. The Hall–Kier alpha value is -4.08. The van der Waals surface area contributed by atoms with Crippen LogP contribution in [0.3, 0.4) is 0 Å². The predicted molar refractivity (Wildman–Crippen MR) is 152 cm³/mol. The first kappa shape index (κ1) is 25.2. The maximum Gasteiger partial charge on any atom is 0.322 e. The molecule has 0 saturated carbocycles. The number of halogens is 1. The van der Waals surface area contributed by atoms with Crippen LogP contribution in [-0.2, 0) is 12.8 Å². The van der Waals surface area contributed by atoms with E-state index in [0.29, 0.717) is 25.2 Å². The largest absolute Gasteiger partial charge is 0.497 e. The molecule has 3 aliphatic heterocycles. The number of rotatable bonds is 4. The Morgan fingerprint density at radius 3 is 2.62 bits per heavy atom. The lowest BCUT2D eigenvalue weighted by atomic mass is 9.93. The fraction of sp³-hybridized carbons (Fsp3) is 0.345. The summed E-state index contributed by atoms with van der Waals surface area (Å²) in [5.41, 5.74) is 5.90. The molecule has 1 aromatic heterocycles. The first-order valence-electron chi connectivity index (χ1n) is 13.5. The van der Waals surface area contributed by atoms with Gasteiger partial charge in [-0.15, -0.1) is 0 Å². The summed E-state index contributed by atoms with van der Waals surface area (Å²) in [6.07, 6.45) is 4.83. The normalized spacial score (nSPS) is 17.4. The first-order valence-corrected chi connectivity index (χ1v) is 13.5. The summed E-state index contributed by atoms with van der Waals surface area (Å²) >= 11 is 0. The predicted octanol–water partition coefficient (Wildman–Crippen LogP) is 2.75. The summed E-state index contributed by atoms with van der Waals surface area (Å²) in [6, 6.07) is 12.3. The lowest BCUT2D eigenvalue weighted by Gasteiger charge is -2.39. The number of methoxy groups -OCH3 is 1. The van der Waals surface area contributed by atoms with E-state index in [4.69, 9.17) is 4.74 Å². The zero-order valence-electron chi connectivity index (χ0n) is 22.2. The van der Waals surface area contributed by atoms with Crippen LogP contribution in [0.25, 0.3) is 0 Å². The average molecular weight is 527 g/mol. The molecule has 3 aromatic rings. The number of urea groups is 1. The van der Waals surface area contributed by atoms with Gasteiger partial charge in [-0.25, -0.2) is 9.18 Å². The maximum atomic E-state index is 13.6. The molecule has 1 fully saturated rings. The van der Waals surface area contributed by atoms with Crippen molar-refractivity contribution in [3.63, 3.8) is 0 Å². The van der Waals surface area contributed by atoms with E-state index < -0.39 is 0 Å². The Labute approximate surface area is 228 Å². The highest BCUT2D eigenvalue weighted by molar-refractivity contribution is 6.35. The third-order valence-corrected chi connectivity index (χ3v) is 8.16. The van der Waals surface area contributed by atoms with Gasteiger partial charge in [0.15, 0.2) is 0 Å². The highest BCUT2D eigenvalue weighted by Gasteiger charge is 2.32. The minimum atomic E-state index is -0.287. The molecule has 10 heteroatoms. The molecule has 1 N–H and O–H groups in total. The van der Waals surface area contributed by atoms with Gasteiger partial charge in [-0.1, -0.05) is 0 Å². The Bertz CT molecular complexity index is 1440. The molecule has 3 aliphatic rings. The van der Waals surface area contributed by atoms with Crippen LogP contribution in [0, 0.1) is 5.82 Å². The van der Waals surface area contributed by atoms with E-state index in [1.54, 1.807) is 24.3 Å². The molecule has 0 bridgehead atoms. The number of fused-ring (bicyclic) bond motifs is 2. The number of hydrogen-bond donors (Lipinski definition) is 1. The third-order valence-electron chi connectivity index (χ3n) is 8.16. The highest BCUT2D eigenvalue weighted by atomic mass is 19.1. The van der Waals surface area contributed by atoms with Crippen LogP contribution in [0.1, 0.15) is 34.5 Å². The van der Waals surface area contributed by atoms with Crippen LogP contribution in [0.4, 0.5) is 26.2 Å². The molecule has 0 radical (unpaired) electrons. The summed E-state index contributed by atoms with van der Waals surface area (Å²) in [6.45, 7) is 2.73. The number of pyridine rings is 1. The van der Waals surface area contributed by atoms with Crippen molar-refractivity contribution in [1.82, 2.24) is 9.88 Å². The van der Waals surface area contributed by atoms with Crippen molar-refractivity contribution in [3.05, 3.63) is 71.3 Å². The smallest absolute Gasteiger partial charge is 0.322 e. The van der Waals surface area contributed by atoms with Crippen LogP contribution in [0.2, 0.25) is 0 Å². The number of nitrogens with one attached hydrogen (secondary N) is 1. The lowest BCUT2D eigenvalue weighted by molar-refractivity contribution is 0.0984. The molecule has 0 aliphatic carbocycles. The molecule has 1 saturated heterocycles. The number of carbonyl (C=O) groups is 2. The number of carbonyl (C=O) groups excluding carboxylic acids is 2. The second kappa shape index (κ2) is 10.2. The molecule has 0 spiro atoms. The van der Waals surface area contributed by atoms with E-state index in [9.17, 15) is 14.0 Å². The van der Waals surface area contributed by atoms with Gasteiger partial charge in [0.25, 0.3) is 5.91 Å². The van der Waals surface area contributed by atoms with Gasteiger partial charge in [0.05, 0.1) is 7.11 Å². The van der Waals surface area contributed by atoms with Gasteiger partial charge < -0.3 is 24.8 Å². The molecular formula is C29H31BFN5O3. The zero-order valence-corrected chi connectivity index (χ0v) is 22.2. The van der Waals surface area contributed by atoms with Crippen LogP contribution < -0.4 is 25.3 Å². The van der Waals surface area contributed by atoms with E-state index in [2.05, 4.69) is 15.2 Å². The fourth-order valence-electron chi connectivity index (χ4n) is 6.01. The monoisotopic (exact) mass is 527 g/mol. The Morgan fingerprint density at radius 2 is 1.82 bits per heavy atom. The number of hydrogen-bond acceptors (Lipinski definition) is 5. The van der Waals surface area contributed by atoms with Gasteiger partial charge in [0.1, 0.15) is 25.1 Å². The van der Waals surface area contributed by atoms with Gasteiger partial charge in [0, 0.05) is 55.5 Å². The summed E-state index contributed by atoms with van der Waals surface area (Å²) in [7, 11) is 3.65. The van der Waals surface area contributed by atoms with E-state index in [1.165, 1.54) is 12.1 Å². The molecule has 6 rings (SSSR count). The average Bonchev–Trinajstić information content (AvgIpc) is 3.29. The van der Waals surface area contributed by atoms with Crippen LogP contribution in [-0.4, -0.2) is 69.0 Å². The van der Waals surface area contributed by atoms with Crippen LogP contribution in [0.5, 0.6) is 5.75 Å². The van der Waals surface area contributed by atoms with Crippen molar-refractivity contribution >= 4 is 42.3 Å². The second-order valence-electron chi connectivity index (χ2n) is 10.5. The minimum Gasteiger partial charge on any atom is -0.497 e. The van der Waals surface area contributed by atoms with Crippen molar-refractivity contribution in [2.24, 2.45) is 0 Å². The van der Waals surface area contributed by atoms with Crippen molar-refractivity contribution in [3.8, 4) is 5.75 Å².